The van der Waals surface area contributed by atoms with E-state index < -0.39 is 30.2 Å². The molecule has 14 heavy (non-hydrogen) atoms. The van der Waals surface area contributed by atoms with Crippen molar-refractivity contribution in [3.05, 3.63) is 11.6 Å². The molecule has 0 rings (SSSR count). The van der Waals surface area contributed by atoms with Gasteiger partial charge in [-0.25, -0.2) is 0 Å². The molecule has 6 nitrogen and oxygen atoms in total. The lowest BCUT2D eigenvalue weighted by Gasteiger charge is -2.09. The predicted octanol–water partition coefficient (Wildman–Crippen LogP) is 0.193. The summed E-state index contributed by atoms with van der Waals surface area (Å²) in [6.45, 7) is 1.40. The molecule has 0 saturated heterocycles. The van der Waals surface area contributed by atoms with E-state index in [0.29, 0.717) is 0 Å². The minimum atomic E-state index is -1.78. The fraction of sp³-hybridized carbons (Fsp3) is 0.375. The fourth-order valence-electron chi connectivity index (χ4n) is 0.968. The van der Waals surface area contributed by atoms with Crippen LogP contribution in [-0.2, 0) is 14.4 Å². The predicted molar refractivity (Wildman–Crippen MR) is 44.8 cm³/mol. The molecular weight excluding hydrogens is 192 g/mol. The number of rotatable bonds is 5. The molecule has 0 fully saturated rings. The van der Waals surface area contributed by atoms with Crippen molar-refractivity contribution in [2.45, 2.75) is 13.3 Å². The Labute approximate surface area is 79.5 Å². The second kappa shape index (κ2) is 5.00. The number of carbonyl (C=O) groups is 3. The standard InChI is InChI=1S/C8H10O6/c1-2-4(3-5(9)10)6(7(11)12)8(13)14/h2,6H,3H2,1H3,(H,9,10)(H,11,12)(H,13,14). The van der Waals surface area contributed by atoms with Crippen LogP contribution in [0.1, 0.15) is 13.3 Å². The number of aliphatic carboxylic acids is 3. The highest BCUT2D eigenvalue weighted by Crippen LogP contribution is 2.15. The summed E-state index contributed by atoms with van der Waals surface area (Å²) in [7, 11) is 0. The topological polar surface area (TPSA) is 112 Å². The van der Waals surface area contributed by atoms with Crippen LogP contribution in [0, 0.1) is 5.92 Å². The zero-order valence-electron chi connectivity index (χ0n) is 7.43. The number of hydrogen-bond donors (Lipinski definition) is 3. The Hall–Kier alpha value is -1.85. The summed E-state index contributed by atoms with van der Waals surface area (Å²) in [6.07, 6.45) is 0.612. The molecular formula is C8H10O6. The highest BCUT2D eigenvalue weighted by Gasteiger charge is 2.30. The Morgan fingerprint density at radius 2 is 1.57 bits per heavy atom. The van der Waals surface area contributed by atoms with Crippen molar-refractivity contribution in [2.24, 2.45) is 5.92 Å². The molecule has 0 bridgehead atoms. The van der Waals surface area contributed by atoms with Gasteiger partial charge in [0.1, 0.15) is 0 Å². The van der Waals surface area contributed by atoms with Gasteiger partial charge in [-0.1, -0.05) is 6.08 Å². The van der Waals surface area contributed by atoms with Gasteiger partial charge in [0, 0.05) is 0 Å². The van der Waals surface area contributed by atoms with Crippen molar-refractivity contribution in [3.63, 3.8) is 0 Å². The van der Waals surface area contributed by atoms with Crippen molar-refractivity contribution in [1.82, 2.24) is 0 Å². The van der Waals surface area contributed by atoms with E-state index in [1.165, 1.54) is 13.0 Å². The van der Waals surface area contributed by atoms with E-state index >= 15 is 0 Å². The lowest BCUT2D eigenvalue weighted by molar-refractivity contribution is -0.152. The van der Waals surface area contributed by atoms with Crippen LogP contribution in [-0.4, -0.2) is 33.2 Å². The number of allylic oxidation sites excluding steroid dienone is 1. The first kappa shape index (κ1) is 12.2. The summed E-state index contributed by atoms with van der Waals surface area (Å²) in [5, 5.41) is 25.5. The summed E-state index contributed by atoms with van der Waals surface area (Å²) in [4.78, 5) is 31.3. The molecule has 0 aromatic heterocycles. The van der Waals surface area contributed by atoms with Gasteiger partial charge < -0.3 is 15.3 Å². The first-order valence-corrected chi connectivity index (χ1v) is 3.72. The molecule has 0 spiro atoms. The summed E-state index contributed by atoms with van der Waals surface area (Å²) in [5.74, 6) is -6.17. The summed E-state index contributed by atoms with van der Waals surface area (Å²) < 4.78 is 0. The van der Waals surface area contributed by atoms with Gasteiger partial charge in [0.25, 0.3) is 0 Å². The van der Waals surface area contributed by atoms with Crippen molar-refractivity contribution in [1.29, 1.82) is 0 Å². The van der Waals surface area contributed by atoms with Crippen molar-refractivity contribution < 1.29 is 29.7 Å². The molecule has 0 aromatic rings. The van der Waals surface area contributed by atoms with Gasteiger partial charge in [-0.2, -0.15) is 0 Å². The van der Waals surface area contributed by atoms with Gasteiger partial charge in [-0.05, 0) is 12.5 Å². The average Bonchev–Trinajstić information content (AvgIpc) is 2.00. The Morgan fingerprint density at radius 1 is 1.14 bits per heavy atom. The van der Waals surface area contributed by atoms with Crippen LogP contribution < -0.4 is 0 Å². The number of carboxylic acid groups (broad SMARTS) is 3. The molecule has 0 aliphatic heterocycles. The van der Waals surface area contributed by atoms with Crippen LogP contribution in [0.25, 0.3) is 0 Å². The van der Waals surface area contributed by atoms with E-state index in [1.807, 2.05) is 0 Å². The van der Waals surface area contributed by atoms with Gasteiger partial charge >= 0.3 is 17.9 Å². The maximum Gasteiger partial charge on any atom is 0.322 e. The Morgan fingerprint density at radius 3 is 1.79 bits per heavy atom. The minimum absolute atomic E-state index is 0.141. The maximum atomic E-state index is 10.5. The SMILES string of the molecule is CC=C(CC(=O)O)C(C(=O)O)C(=O)O. The van der Waals surface area contributed by atoms with E-state index in [9.17, 15) is 14.4 Å². The Bertz CT molecular complexity index is 276. The largest absolute Gasteiger partial charge is 0.481 e. The quantitative estimate of drug-likeness (QED) is 0.433. The van der Waals surface area contributed by atoms with Crippen LogP contribution in [0.15, 0.2) is 11.6 Å². The molecule has 0 unspecified atom stereocenters. The first-order valence-electron chi connectivity index (χ1n) is 3.72. The number of hydrogen-bond acceptors (Lipinski definition) is 3. The van der Waals surface area contributed by atoms with E-state index in [1.54, 1.807) is 0 Å². The molecule has 0 radical (unpaired) electrons. The molecule has 0 saturated carbocycles. The molecule has 0 aliphatic rings. The highest BCUT2D eigenvalue weighted by molar-refractivity contribution is 5.97. The van der Waals surface area contributed by atoms with Crippen LogP contribution in [0.5, 0.6) is 0 Å². The van der Waals surface area contributed by atoms with E-state index in [2.05, 4.69) is 0 Å². The highest BCUT2D eigenvalue weighted by atomic mass is 16.4. The second-order valence-electron chi connectivity index (χ2n) is 2.54. The zero-order chi connectivity index (χ0) is 11.3. The van der Waals surface area contributed by atoms with Crippen molar-refractivity contribution in [2.75, 3.05) is 0 Å². The number of carboxylic acids is 3. The molecule has 0 heterocycles. The van der Waals surface area contributed by atoms with Crippen LogP contribution >= 0.6 is 0 Å². The third-order valence-corrected chi connectivity index (χ3v) is 1.59. The normalized spacial score (nSPS) is 11.4. The molecule has 0 aromatic carbocycles. The Balaban J connectivity index is 4.88. The van der Waals surface area contributed by atoms with Crippen LogP contribution in [0.4, 0.5) is 0 Å². The monoisotopic (exact) mass is 202 g/mol. The molecule has 78 valence electrons. The molecule has 0 amide bonds. The van der Waals surface area contributed by atoms with E-state index in [4.69, 9.17) is 15.3 Å². The summed E-state index contributed by atoms with van der Waals surface area (Å²) in [6, 6.07) is 0. The van der Waals surface area contributed by atoms with Crippen LogP contribution in [0.2, 0.25) is 0 Å². The fourth-order valence-corrected chi connectivity index (χ4v) is 0.968. The summed E-state index contributed by atoms with van der Waals surface area (Å²) >= 11 is 0. The lowest BCUT2D eigenvalue weighted by atomic mass is 9.96. The average molecular weight is 202 g/mol. The van der Waals surface area contributed by atoms with Crippen LogP contribution in [0.3, 0.4) is 0 Å². The van der Waals surface area contributed by atoms with Gasteiger partial charge in [0.05, 0.1) is 6.42 Å². The lowest BCUT2D eigenvalue weighted by Crippen LogP contribution is -2.26. The molecule has 6 heteroatoms. The van der Waals surface area contributed by atoms with Gasteiger partial charge in [0.15, 0.2) is 5.92 Å². The Kier molecular flexibility index (Phi) is 4.34. The van der Waals surface area contributed by atoms with Gasteiger partial charge in [0.2, 0.25) is 0 Å². The maximum absolute atomic E-state index is 10.5. The minimum Gasteiger partial charge on any atom is -0.481 e. The molecule has 0 aliphatic carbocycles. The third-order valence-electron chi connectivity index (χ3n) is 1.59. The van der Waals surface area contributed by atoms with E-state index in [0.717, 1.165) is 0 Å². The summed E-state index contributed by atoms with van der Waals surface area (Å²) in [5.41, 5.74) is -0.141. The smallest absolute Gasteiger partial charge is 0.322 e. The zero-order valence-corrected chi connectivity index (χ0v) is 7.43. The van der Waals surface area contributed by atoms with Crippen molar-refractivity contribution >= 4 is 17.9 Å². The van der Waals surface area contributed by atoms with Gasteiger partial charge in [-0.15, -0.1) is 0 Å². The van der Waals surface area contributed by atoms with Gasteiger partial charge in [-0.3, -0.25) is 14.4 Å². The molecule has 3 N–H and O–H groups in total. The second-order valence-corrected chi connectivity index (χ2v) is 2.54. The van der Waals surface area contributed by atoms with Crippen molar-refractivity contribution in [3.8, 4) is 0 Å². The molecule has 0 atom stereocenters. The first-order chi connectivity index (χ1) is 6.40. The third kappa shape index (κ3) is 3.26. The van der Waals surface area contributed by atoms with E-state index in [-0.39, 0.29) is 5.57 Å².